The van der Waals surface area contributed by atoms with Crippen molar-refractivity contribution in [2.75, 3.05) is 0 Å². The molecule has 210 valence electrons. The van der Waals surface area contributed by atoms with E-state index in [1.165, 1.54) is 12.1 Å². The van der Waals surface area contributed by atoms with Crippen LogP contribution in [0.4, 0.5) is 4.39 Å². The van der Waals surface area contributed by atoms with Gasteiger partial charge in [-0.1, -0.05) is 56.3 Å². The van der Waals surface area contributed by atoms with Crippen LogP contribution in [0.25, 0.3) is 0 Å². The number of carbonyl (C=O) groups is 2. The van der Waals surface area contributed by atoms with Crippen molar-refractivity contribution < 1.29 is 41.4 Å². The Hall–Kier alpha value is -2.46. The van der Waals surface area contributed by atoms with E-state index < -0.39 is 30.7 Å². The normalized spacial score (nSPS) is 28.7. The van der Waals surface area contributed by atoms with Crippen molar-refractivity contribution in [3.63, 3.8) is 0 Å². The fraction of sp³-hybridized carbons (Fsp3) is 0.517. The second-order valence-corrected chi connectivity index (χ2v) is 12.0. The zero-order chi connectivity index (χ0) is 27.2. The molecule has 3 aliphatic carbocycles. The maximum absolute atomic E-state index is 13.3. The Kier molecular flexibility index (Phi) is 8.48. The molecule has 1 heterocycles. The largest absolute Gasteiger partial charge is 1.00 e. The molecule has 6 rings (SSSR count). The second-order valence-electron chi connectivity index (χ2n) is 12.0. The number of benzene rings is 2. The molecular formula is C29H38BClFN3O4. The molecular weight excluding hydrogens is 520 g/mol. The summed E-state index contributed by atoms with van der Waals surface area (Å²) in [7, 11) is -0.631. The number of amides is 2. The number of quaternary nitrogens is 1. The highest BCUT2D eigenvalue weighted by atomic mass is 35.5. The lowest BCUT2D eigenvalue weighted by molar-refractivity contribution is -0.403. The van der Waals surface area contributed by atoms with Crippen LogP contribution in [0.5, 0.6) is 0 Å². The lowest BCUT2D eigenvalue weighted by Crippen LogP contribution is -3.00. The van der Waals surface area contributed by atoms with Crippen molar-refractivity contribution in [3.8, 4) is 0 Å². The minimum absolute atomic E-state index is 0. The van der Waals surface area contributed by atoms with Crippen LogP contribution in [0.1, 0.15) is 57.6 Å². The quantitative estimate of drug-likeness (QED) is 0.385. The summed E-state index contributed by atoms with van der Waals surface area (Å²) in [5, 5.41) is 5.86. The van der Waals surface area contributed by atoms with E-state index in [2.05, 4.69) is 37.1 Å². The van der Waals surface area contributed by atoms with Crippen LogP contribution in [0, 0.1) is 23.1 Å². The van der Waals surface area contributed by atoms with Crippen molar-refractivity contribution in [1.82, 2.24) is 10.6 Å². The Labute approximate surface area is 236 Å². The molecule has 4 aliphatic rings. The maximum atomic E-state index is 13.3. The van der Waals surface area contributed by atoms with Crippen molar-refractivity contribution in [3.05, 3.63) is 71.5 Å². The van der Waals surface area contributed by atoms with Gasteiger partial charge < -0.3 is 38.1 Å². The van der Waals surface area contributed by atoms with E-state index in [0.717, 1.165) is 24.0 Å². The third kappa shape index (κ3) is 5.60. The molecule has 10 heteroatoms. The number of rotatable bonds is 8. The summed E-state index contributed by atoms with van der Waals surface area (Å²) >= 11 is 0. The predicted molar refractivity (Wildman–Crippen MR) is 142 cm³/mol. The monoisotopic (exact) mass is 557 g/mol. The van der Waals surface area contributed by atoms with Gasteiger partial charge in [-0.05, 0) is 67.2 Å². The molecule has 1 aliphatic heterocycles. The van der Waals surface area contributed by atoms with Crippen LogP contribution in [-0.2, 0) is 25.3 Å². The van der Waals surface area contributed by atoms with E-state index in [-0.39, 0.29) is 41.6 Å². The van der Waals surface area contributed by atoms with Gasteiger partial charge in [0, 0.05) is 6.42 Å². The molecule has 1 saturated heterocycles. The highest BCUT2D eigenvalue weighted by Crippen LogP contribution is 2.66. The van der Waals surface area contributed by atoms with E-state index in [9.17, 15) is 14.0 Å². The number of halogens is 2. The third-order valence-corrected chi connectivity index (χ3v) is 9.22. The number of nitrogens with one attached hydrogen (secondary N) is 2. The molecule has 7 nitrogen and oxygen atoms in total. The molecule has 2 amide bonds. The standard InChI is InChI=1S/C29H37BFN3O4.ClH/c1-17(33-27(36)22(32)14-18-10-12-21(31)13-11-18)26(35)34-25(19-8-6-5-7-9-19)30-37-24-16-20-15-23(28(20,2)3)29(24,4)38-30;/h5-13,17,20,22-25H,14-16,32H2,1-4H3,(H,33,36)(H,34,35);1H/t17-,20+,22+,23+,24-,25-,29+;/m0./s1. The van der Waals surface area contributed by atoms with E-state index in [0.29, 0.717) is 18.3 Å². The summed E-state index contributed by atoms with van der Waals surface area (Å²) in [6.45, 7) is 8.43. The van der Waals surface area contributed by atoms with Crippen LogP contribution in [0.15, 0.2) is 54.6 Å². The SMILES string of the molecule is C[C@H](NC(=O)[C@H]([NH3+])Cc1ccc(F)cc1)C(=O)N[C@H](B1O[C@H]2C[C@H]3C[C@H](C3(C)C)[C@@]2(C)O1)c1ccccc1.[Cl-]. The molecule has 2 aromatic carbocycles. The molecule has 0 aromatic heterocycles. The van der Waals surface area contributed by atoms with Gasteiger partial charge >= 0.3 is 7.12 Å². The Balaban J connectivity index is 0.00000353. The minimum atomic E-state index is -0.794. The second kappa shape index (κ2) is 11.2. The molecule has 0 spiro atoms. The van der Waals surface area contributed by atoms with Gasteiger partial charge in [0.25, 0.3) is 5.91 Å². The maximum Gasteiger partial charge on any atom is 0.486 e. The smallest absolute Gasteiger partial charge is 0.486 e. The molecule has 5 N–H and O–H groups in total. The zero-order valence-corrected chi connectivity index (χ0v) is 23.7. The van der Waals surface area contributed by atoms with Gasteiger partial charge in [0.1, 0.15) is 11.9 Å². The van der Waals surface area contributed by atoms with Gasteiger partial charge in [-0.3, -0.25) is 9.59 Å². The van der Waals surface area contributed by atoms with E-state index in [1.54, 1.807) is 19.1 Å². The van der Waals surface area contributed by atoms with Gasteiger partial charge in [-0.2, -0.15) is 0 Å². The molecule has 2 aromatic rings. The number of hydrogen-bond donors (Lipinski definition) is 3. The van der Waals surface area contributed by atoms with Crippen molar-refractivity contribution >= 4 is 18.9 Å². The van der Waals surface area contributed by atoms with Crippen molar-refractivity contribution in [2.24, 2.45) is 17.3 Å². The van der Waals surface area contributed by atoms with Gasteiger partial charge in [-0.15, -0.1) is 0 Å². The number of carbonyl (C=O) groups excluding carboxylic acids is 2. The van der Waals surface area contributed by atoms with E-state index >= 15 is 0 Å². The van der Waals surface area contributed by atoms with Crippen LogP contribution >= 0.6 is 0 Å². The van der Waals surface area contributed by atoms with Crippen LogP contribution in [-0.4, -0.2) is 42.7 Å². The first-order chi connectivity index (χ1) is 18.0. The highest BCUT2D eigenvalue weighted by Gasteiger charge is 2.68. The first kappa shape index (κ1) is 29.5. The number of hydrogen-bond acceptors (Lipinski definition) is 4. The van der Waals surface area contributed by atoms with E-state index in [1.807, 2.05) is 30.3 Å². The average molecular weight is 558 g/mol. The van der Waals surface area contributed by atoms with Gasteiger partial charge in [0.15, 0.2) is 6.04 Å². The van der Waals surface area contributed by atoms with Crippen LogP contribution in [0.2, 0.25) is 0 Å². The Morgan fingerprint density at radius 2 is 1.72 bits per heavy atom. The molecule has 0 radical (unpaired) electrons. The topological polar surface area (TPSA) is 104 Å². The highest BCUT2D eigenvalue weighted by molar-refractivity contribution is 6.47. The Bertz CT molecular complexity index is 1190. The van der Waals surface area contributed by atoms with Gasteiger partial charge in [0.05, 0.1) is 17.6 Å². The predicted octanol–water partition coefficient (Wildman–Crippen LogP) is -0.388. The Morgan fingerprint density at radius 1 is 1.05 bits per heavy atom. The zero-order valence-electron chi connectivity index (χ0n) is 23.0. The van der Waals surface area contributed by atoms with E-state index in [4.69, 9.17) is 9.31 Å². The van der Waals surface area contributed by atoms with Crippen molar-refractivity contribution in [1.29, 1.82) is 0 Å². The summed E-state index contributed by atoms with van der Waals surface area (Å²) < 4.78 is 26.3. The summed E-state index contributed by atoms with van der Waals surface area (Å²) in [5.74, 6) is -0.510. The molecule has 3 saturated carbocycles. The van der Waals surface area contributed by atoms with Crippen LogP contribution in [0.3, 0.4) is 0 Å². The average Bonchev–Trinajstić information content (AvgIpc) is 3.25. The fourth-order valence-electron chi connectivity index (χ4n) is 6.68. The van der Waals surface area contributed by atoms with Gasteiger partial charge in [0.2, 0.25) is 5.91 Å². The molecule has 0 unspecified atom stereocenters. The summed E-state index contributed by atoms with van der Waals surface area (Å²) in [6, 6.07) is 14.2. The Morgan fingerprint density at radius 3 is 2.36 bits per heavy atom. The van der Waals surface area contributed by atoms with Crippen LogP contribution < -0.4 is 28.8 Å². The first-order valence-corrected chi connectivity index (χ1v) is 13.6. The van der Waals surface area contributed by atoms with Crippen molar-refractivity contribution in [2.45, 2.75) is 76.7 Å². The first-order valence-electron chi connectivity index (χ1n) is 13.6. The third-order valence-electron chi connectivity index (χ3n) is 9.22. The summed E-state index contributed by atoms with van der Waals surface area (Å²) in [5.41, 5.74) is 5.43. The minimum Gasteiger partial charge on any atom is -1.00 e. The van der Waals surface area contributed by atoms with Gasteiger partial charge in [-0.25, -0.2) is 4.39 Å². The molecule has 39 heavy (non-hydrogen) atoms. The molecule has 2 bridgehead atoms. The fourth-order valence-corrected chi connectivity index (χ4v) is 6.68. The summed E-state index contributed by atoms with van der Waals surface area (Å²) in [4.78, 5) is 26.1. The summed E-state index contributed by atoms with van der Waals surface area (Å²) in [6.07, 6.45) is 2.43. The molecule has 7 atom stereocenters. The molecule has 4 fully saturated rings. The lowest BCUT2D eigenvalue weighted by Gasteiger charge is -2.64. The lowest BCUT2D eigenvalue weighted by atomic mass is 9.43.